The first-order valence-corrected chi connectivity index (χ1v) is 8.57. The van der Waals surface area contributed by atoms with Crippen molar-refractivity contribution in [1.82, 2.24) is 9.71 Å². The number of nitrogens with one attached hydrogen (secondary N) is 1. The standard InChI is InChI=1S/C13H17N4O4S/c1-22(20,21)16-13(19)9-5-7-17(10(8-9)12(14)18)11-4-2-3-6-15-11/h2,4,6,9-10H,5,7-8H2,1H3,(H2,14,18)(H,16,19). The van der Waals surface area contributed by atoms with Gasteiger partial charge in [-0.25, -0.2) is 13.4 Å². The van der Waals surface area contributed by atoms with E-state index in [1.54, 1.807) is 17.0 Å². The molecule has 0 spiro atoms. The second kappa shape index (κ2) is 6.30. The largest absolute Gasteiger partial charge is 0.368 e. The highest BCUT2D eigenvalue weighted by atomic mass is 32.2. The number of hydrogen-bond acceptors (Lipinski definition) is 6. The number of nitrogens with two attached hydrogens (primary N) is 1. The Hall–Kier alpha value is -2.16. The van der Waals surface area contributed by atoms with Crippen LogP contribution in [0.1, 0.15) is 12.8 Å². The minimum Gasteiger partial charge on any atom is -0.368 e. The van der Waals surface area contributed by atoms with Gasteiger partial charge in [0.2, 0.25) is 21.8 Å². The first-order valence-electron chi connectivity index (χ1n) is 6.67. The summed E-state index contributed by atoms with van der Waals surface area (Å²) in [6.07, 6.45) is 2.95. The van der Waals surface area contributed by atoms with Crippen LogP contribution >= 0.6 is 0 Å². The maximum atomic E-state index is 11.9. The predicted octanol–water partition coefficient (Wildman–Crippen LogP) is -0.972. The third-order valence-electron chi connectivity index (χ3n) is 3.48. The van der Waals surface area contributed by atoms with E-state index in [1.807, 2.05) is 4.72 Å². The van der Waals surface area contributed by atoms with E-state index < -0.39 is 33.8 Å². The third-order valence-corrected chi connectivity index (χ3v) is 4.05. The molecule has 2 amide bonds. The van der Waals surface area contributed by atoms with Gasteiger partial charge in [0.15, 0.2) is 0 Å². The summed E-state index contributed by atoms with van der Waals surface area (Å²) in [6.45, 7) is 0.381. The second-order valence-electron chi connectivity index (χ2n) is 5.19. The summed E-state index contributed by atoms with van der Waals surface area (Å²) >= 11 is 0. The van der Waals surface area contributed by atoms with Crippen LogP contribution in [-0.4, -0.2) is 44.1 Å². The molecular formula is C13H17N4O4S. The van der Waals surface area contributed by atoms with Crippen molar-refractivity contribution in [3.05, 3.63) is 24.4 Å². The van der Waals surface area contributed by atoms with E-state index in [2.05, 4.69) is 11.1 Å². The maximum absolute atomic E-state index is 11.9. The highest BCUT2D eigenvalue weighted by Gasteiger charge is 2.36. The number of amides is 2. The number of nitrogens with zero attached hydrogens (tertiary/aromatic N) is 2. The Kier molecular flexibility index (Phi) is 4.65. The molecule has 9 heteroatoms. The molecular weight excluding hydrogens is 308 g/mol. The zero-order valence-corrected chi connectivity index (χ0v) is 12.8. The third kappa shape index (κ3) is 3.94. The van der Waals surface area contributed by atoms with Crippen molar-refractivity contribution in [1.29, 1.82) is 0 Å². The van der Waals surface area contributed by atoms with E-state index in [-0.39, 0.29) is 6.42 Å². The van der Waals surface area contributed by atoms with Gasteiger partial charge in [-0.15, -0.1) is 0 Å². The van der Waals surface area contributed by atoms with Gasteiger partial charge in [0.05, 0.1) is 6.26 Å². The maximum Gasteiger partial charge on any atom is 0.240 e. The Bertz CT molecular complexity index is 662. The van der Waals surface area contributed by atoms with E-state index in [4.69, 9.17) is 5.73 Å². The Morgan fingerprint density at radius 2 is 2.23 bits per heavy atom. The SMILES string of the molecule is CS(=O)(=O)NC(=O)C1CCN(c2cc[c]cn2)C(C(N)=O)C1. The molecule has 2 atom stereocenters. The van der Waals surface area contributed by atoms with Crippen molar-refractivity contribution in [2.24, 2.45) is 11.7 Å². The van der Waals surface area contributed by atoms with Crippen molar-refractivity contribution < 1.29 is 18.0 Å². The van der Waals surface area contributed by atoms with Crippen LogP contribution < -0.4 is 15.4 Å². The average molecular weight is 325 g/mol. The number of piperidine rings is 1. The molecule has 1 aliphatic heterocycles. The van der Waals surface area contributed by atoms with Gasteiger partial charge < -0.3 is 10.6 Å². The average Bonchev–Trinajstić information content (AvgIpc) is 2.45. The lowest BCUT2D eigenvalue weighted by molar-refractivity contribution is -0.125. The van der Waals surface area contributed by atoms with E-state index in [9.17, 15) is 18.0 Å². The molecule has 1 aliphatic rings. The number of aromatic nitrogens is 1. The molecule has 2 heterocycles. The Morgan fingerprint density at radius 1 is 1.50 bits per heavy atom. The molecule has 1 fully saturated rings. The molecule has 1 aromatic rings. The van der Waals surface area contributed by atoms with E-state index >= 15 is 0 Å². The molecule has 2 rings (SSSR count). The lowest BCUT2D eigenvalue weighted by atomic mass is 9.90. The minimum absolute atomic E-state index is 0.150. The fourth-order valence-electron chi connectivity index (χ4n) is 2.50. The fourth-order valence-corrected chi connectivity index (χ4v) is 3.03. The number of carbonyl (C=O) groups excluding carboxylic acids is 2. The van der Waals surface area contributed by atoms with Gasteiger partial charge in [0.25, 0.3) is 0 Å². The molecule has 0 aromatic carbocycles. The molecule has 0 aliphatic carbocycles. The molecule has 3 N–H and O–H groups in total. The predicted molar refractivity (Wildman–Crippen MR) is 79.1 cm³/mol. The zero-order valence-electron chi connectivity index (χ0n) is 12.0. The van der Waals surface area contributed by atoms with Crippen molar-refractivity contribution in [2.45, 2.75) is 18.9 Å². The molecule has 1 saturated heterocycles. The zero-order chi connectivity index (χ0) is 16.3. The normalized spacial score (nSPS) is 22.1. The minimum atomic E-state index is -3.62. The van der Waals surface area contributed by atoms with Crippen LogP contribution in [0.4, 0.5) is 5.82 Å². The van der Waals surface area contributed by atoms with Gasteiger partial charge >= 0.3 is 0 Å². The monoisotopic (exact) mass is 325 g/mol. The molecule has 22 heavy (non-hydrogen) atoms. The molecule has 1 radical (unpaired) electrons. The number of carbonyl (C=O) groups is 2. The summed E-state index contributed by atoms with van der Waals surface area (Å²) in [5.74, 6) is -1.20. The molecule has 8 nitrogen and oxygen atoms in total. The Labute approximate surface area is 128 Å². The van der Waals surface area contributed by atoms with E-state index in [0.717, 1.165) is 6.26 Å². The van der Waals surface area contributed by atoms with Crippen molar-refractivity contribution >= 4 is 27.7 Å². The highest BCUT2D eigenvalue weighted by Crippen LogP contribution is 2.27. The molecule has 119 valence electrons. The van der Waals surface area contributed by atoms with Crippen LogP contribution in [0.2, 0.25) is 0 Å². The van der Waals surface area contributed by atoms with E-state index in [1.165, 1.54) is 6.20 Å². The molecule has 2 unspecified atom stereocenters. The number of sulfonamides is 1. The lowest BCUT2D eigenvalue weighted by Gasteiger charge is -2.37. The Morgan fingerprint density at radius 3 is 2.77 bits per heavy atom. The lowest BCUT2D eigenvalue weighted by Crippen LogP contribution is -2.53. The highest BCUT2D eigenvalue weighted by molar-refractivity contribution is 7.89. The first-order chi connectivity index (χ1) is 10.3. The van der Waals surface area contributed by atoms with Crippen LogP contribution in [0.3, 0.4) is 0 Å². The van der Waals surface area contributed by atoms with Gasteiger partial charge in [-0.1, -0.05) is 0 Å². The molecule has 0 saturated carbocycles. The number of hydrogen-bond donors (Lipinski definition) is 2. The van der Waals surface area contributed by atoms with Gasteiger partial charge in [-0.2, -0.15) is 0 Å². The van der Waals surface area contributed by atoms with Crippen molar-refractivity contribution in [3.8, 4) is 0 Å². The van der Waals surface area contributed by atoms with Crippen LogP contribution in [-0.2, 0) is 19.6 Å². The first kappa shape index (κ1) is 16.2. The molecule has 1 aromatic heterocycles. The summed E-state index contributed by atoms with van der Waals surface area (Å²) in [4.78, 5) is 29.5. The summed E-state index contributed by atoms with van der Waals surface area (Å²) in [5.41, 5.74) is 5.42. The van der Waals surface area contributed by atoms with Gasteiger partial charge in [-0.05, 0) is 25.0 Å². The van der Waals surface area contributed by atoms with Crippen LogP contribution in [0.25, 0.3) is 0 Å². The number of rotatable bonds is 4. The summed E-state index contributed by atoms with van der Waals surface area (Å²) in [7, 11) is -3.62. The topological polar surface area (TPSA) is 122 Å². The summed E-state index contributed by atoms with van der Waals surface area (Å²) < 4.78 is 24.2. The summed E-state index contributed by atoms with van der Waals surface area (Å²) in [5, 5.41) is 0. The number of pyridine rings is 1. The van der Waals surface area contributed by atoms with Crippen LogP contribution in [0.15, 0.2) is 18.3 Å². The van der Waals surface area contributed by atoms with Gasteiger partial charge in [0, 0.05) is 24.7 Å². The Balaban J connectivity index is 2.15. The second-order valence-corrected chi connectivity index (χ2v) is 6.94. The smallest absolute Gasteiger partial charge is 0.240 e. The van der Waals surface area contributed by atoms with Crippen molar-refractivity contribution in [3.63, 3.8) is 0 Å². The van der Waals surface area contributed by atoms with Crippen LogP contribution in [0, 0.1) is 12.0 Å². The van der Waals surface area contributed by atoms with Crippen LogP contribution in [0.5, 0.6) is 0 Å². The van der Waals surface area contributed by atoms with Gasteiger partial charge in [0.1, 0.15) is 11.9 Å². The van der Waals surface area contributed by atoms with Gasteiger partial charge in [-0.3, -0.25) is 14.3 Å². The quantitative estimate of drug-likeness (QED) is 0.734. The number of anilines is 1. The molecule has 0 bridgehead atoms. The fraction of sp³-hybridized carbons (Fsp3) is 0.462. The van der Waals surface area contributed by atoms with Crippen molar-refractivity contribution in [2.75, 3.05) is 17.7 Å². The number of primary amides is 1. The van der Waals surface area contributed by atoms with E-state index in [0.29, 0.717) is 18.8 Å². The summed E-state index contributed by atoms with van der Waals surface area (Å²) in [6, 6.07) is 5.45.